The Morgan fingerprint density at radius 3 is 2.21 bits per heavy atom. The van der Waals surface area contributed by atoms with Crippen LogP contribution in [0.5, 0.6) is 0 Å². The summed E-state index contributed by atoms with van der Waals surface area (Å²) in [6.45, 7) is 7.92. The van der Waals surface area contributed by atoms with Crippen molar-refractivity contribution in [3.63, 3.8) is 0 Å². The van der Waals surface area contributed by atoms with E-state index >= 15 is 0 Å². The van der Waals surface area contributed by atoms with Crippen LogP contribution in [-0.2, 0) is 0 Å². The second-order valence-corrected chi connectivity index (χ2v) is 7.32. The Morgan fingerprint density at radius 1 is 0.964 bits per heavy atom. The van der Waals surface area contributed by atoms with Crippen molar-refractivity contribution < 1.29 is 4.79 Å². The van der Waals surface area contributed by atoms with Crippen LogP contribution >= 0.6 is 0 Å². The van der Waals surface area contributed by atoms with E-state index in [-0.39, 0.29) is 5.91 Å². The molecule has 2 aromatic rings. The monoisotopic (exact) mass is 381 g/mol. The van der Waals surface area contributed by atoms with Crippen LogP contribution in [0.15, 0.2) is 36.4 Å². The molecule has 1 saturated heterocycles. The second-order valence-electron chi connectivity index (χ2n) is 7.32. The Morgan fingerprint density at radius 2 is 1.64 bits per heavy atom. The molecule has 0 atom stereocenters. The van der Waals surface area contributed by atoms with E-state index < -0.39 is 0 Å². The minimum atomic E-state index is -0.0476. The zero-order valence-electron chi connectivity index (χ0n) is 17.0. The third kappa shape index (κ3) is 5.21. The van der Waals surface area contributed by atoms with E-state index in [0.717, 1.165) is 44.7 Å². The number of rotatable bonds is 8. The first-order valence-electron chi connectivity index (χ1n) is 10.5. The van der Waals surface area contributed by atoms with Crippen molar-refractivity contribution in [2.45, 2.75) is 46.0 Å². The van der Waals surface area contributed by atoms with Gasteiger partial charge in [-0.25, -0.2) is 0 Å². The van der Waals surface area contributed by atoms with E-state index in [0.29, 0.717) is 11.5 Å². The first-order valence-corrected chi connectivity index (χ1v) is 10.5. The Labute approximate surface area is 168 Å². The molecule has 0 bridgehead atoms. The fourth-order valence-corrected chi connectivity index (χ4v) is 3.59. The van der Waals surface area contributed by atoms with E-state index in [2.05, 4.69) is 58.5 Å². The van der Waals surface area contributed by atoms with Gasteiger partial charge in [-0.05, 0) is 68.5 Å². The summed E-state index contributed by atoms with van der Waals surface area (Å²) in [6.07, 6.45) is 5.75. The second kappa shape index (κ2) is 10.1. The third-order valence-electron chi connectivity index (χ3n) is 5.02. The molecule has 0 aliphatic carbocycles. The number of piperidine rings is 1. The average molecular weight is 382 g/mol. The van der Waals surface area contributed by atoms with Gasteiger partial charge in [-0.3, -0.25) is 4.79 Å². The molecule has 0 radical (unpaired) electrons. The van der Waals surface area contributed by atoms with Crippen LogP contribution in [0.3, 0.4) is 0 Å². The molecule has 6 nitrogen and oxygen atoms in total. The molecule has 0 saturated carbocycles. The van der Waals surface area contributed by atoms with Crippen molar-refractivity contribution in [3.8, 4) is 0 Å². The summed E-state index contributed by atoms with van der Waals surface area (Å²) in [5.41, 5.74) is 2.63. The topological polar surface area (TPSA) is 61.4 Å². The highest BCUT2D eigenvalue weighted by molar-refractivity contribution is 5.92. The van der Waals surface area contributed by atoms with Gasteiger partial charge in [-0.15, -0.1) is 10.2 Å². The number of hydrogen-bond donors (Lipinski definition) is 1. The van der Waals surface area contributed by atoms with Crippen molar-refractivity contribution in [1.29, 1.82) is 0 Å². The zero-order chi connectivity index (χ0) is 19.8. The van der Waals surface area contributed by atoms with Crippen LogP contribution in [0.2, 0.25) is 0 Å². The Kier molecular flexibility index (Phi) is 7.23. The molecule has 1 N–H and O–H groups in total. The van der Waals surface area contributed by atoms with Gasteiger partial charge in [0.05, 0.1) is 0 Å². The van der Waals surface area contributed by atoms with Gasteiger partial charge in [0.2, 0.25) is 0 Å². The third-order valence-corrected chi connectivity index (χ3v) is 5.02. The molecule has 2 heterocycles. The molecule has 1 amide bonds. The number of carbonyl (C=O) groups is 1. The van der Waals surface area contributed by atoms with Crippen LogP contribution in [0.4, 0.5) is 17.2 Å². The molecule has 6 heteroatoms. The van der Waals surface area contributed by atoms with Gasteiger partial charge in [0.15, 0.2) is 11.5 Å². The molecule has 1 aliphatic heterocycles. The SMILES string of the molecule is CCCN(CCC)C(=O)c1ccc(Nc2ccc(N3CCCCC3)cc2)nn1. The Hall–Kier alpha value is -2.63. The maximum absolute atomic E-state index is 12.6. The van der Waals surface area contributed by atoms with E-state index in [1.165, 1.54) is 24.9 Å². The normalized spacial score (nSPS) is 14.0. The average Bonchev–Trinajstić information content (AvgIpc) is 2.75. The van der Waals surface area contributed by atoms with Crippen LogP contribution in [-0.4, -0.2) is 47.2 Å². The van der Waals surface area contributed by atoms with E-state index in [4.69, 9.17) is 0 Å². The van der Waals surface area contributed by atoms with Crippen molar-refractivity contribution in [1.82, 2.24) is 15.1 Å². The summed E-state index contributed by atoms with van der Waals surface area (Å²) in [5, 5.41) is 11.6. The number of benzene rings is 1. The standard InChI is InChI=1S/C22H31N5O/c1-3-14-27(15-4-2)22(28)20-12-13-21(25-24-20)23-18-8-10-19(11-9-18)26-16-6-5-7-17-26/h8-13H,3-7,14-17H2,1-2H3,(H,23,25). The van der Waals surface area contributed by atoms with Crippen molar-refractivity contribution in [2.24, 2.45) is 0 Å². The van der Waals surface area contributed by atoms with E-state index in [1.54, 1.807) is 6.07 Å². The zero-order valence-corrected chi connectivity index (χ0v) is 17.0. The van der Waals surface area contributed by atoms with Crippen molar-refractivity contribution in [3.05, 3.63) is 42.1 Å². The van der Waals surface area contributed by atoms with Gasteiger partial charge in [0.25, 0.3) is 5.91 Å². The molecule has 1 aliphatic rings. The first kappa shape index (κ1) is 20.1. The number of aromatic nitrogens is 2. The predicted octanol–water partition coefficient (Wildman–Crippen LogP) is 4.47. The molecule has 1 fully saturated rings. The van der Waals surface area contributed by atoms with Crippen LogP contribution < -0.4 is 10.2 Å². The first-order chi connectivity index (χ1) is 13.7. The molecule has 1 aromatic heterocycles. The number of amides is 1. The molecule has 28 heavy (non-hydrogen) atoms. The largest absolute Gasteiger partial charge is 0.372 e. The Bertz CT molecular complexity index is 733. The summed E-state index contributed by atoms with van der Waals surface area (Å²) >= 11 is 0. The van der Waals surface area contributed by atoms with E-state index in [1.807, 2.05) is 11.0 Å². The lowest BCUT2D eigenvalue weighted by Gasteiger charge is -2.28. The van der Waals surface area contributed by atoms with Crippen molar-refractivity contribution in [2.75, 3.05) is 36.4 Å². The molecule has 0 spiro atoms. The highest BCUT2D eigenvalue weighted by atomic mass is 16.2. The maximum Gasteiger partial charge on any atom is 0.274 e. The van der Waals surface area contributed by atoms with Crippen molar-refractivity contribution >= 4 is 23.1 Å². The molecule has 3 rings (SSSR count). The highest BCUT2D eigenvalue weighted by Crippen LogP contribution is 2.23. The summed E-state index contributed by atoms with van der Waals surface area (Å²) in [5.74, 6) is 0.591. The van der Waals surface area contributed by atoms with Crippen LogP contribution in [0.1, 0.15) is 56.4 Å². The maximum atomic E-state index is 12.6. The highest BCUT2D eigenvalue weighted by Gasteiger charge is 2.16. The fraction of sp³-hybridized carbons (Fsp3) is 0.500. The molecule has 1 aromatic carbocycles. The lowest BCUT2D eigenvalue weighted by atomic mass is 10.1. The van der Waals surface area contributed by atoms with Gasteiger partial charge < -0.3 is 15.1 Å². The predicted molar refractivity (Wildman–Crippen MR) is 114 cm³/mol. The molecule has 150 valence electrons. The van der Waals surface area contributed by atoms with Crippen LogP contribution in [0, 0.1) is 0 Å². The number of carbonyl (C=O) groups excluding carboxylic acids is 1. The minimum absolute atomic E-state index is 0.0476. The van der Waals surface area contributed by atoms with Gasteiger partial charge in [-0.1, -0.05) is 13.8 Å². The van der Waals surface area contributed by atoms with Gasteiger partial charge >= 0.3 is 0 Å². The summed E-state index contributed by atoms with van der Waals surface area (Å²) in [6, 6.07) is 12.0. The lowest BCUT2D eigenvalue weighted by molar-refractivity contribution is 0.0748. The summed E-state index contributed by atoms with van der Waals surface area (Å²) in [7, 11) is 0. The minimum Gasteiger partial charge on any atom is -0.372 e. The number of hydrogen-bond acceptors (Lipinski definition) is 5. The molecular formula is C22H31N5O. The number of nitrogens with zero attached hydrogens (tertiary/aromatic N) is 4. The summed E-state index contributed by atoms with van der Waals surface area (Å²) in [4.78, 5) is 16.9. The number of nitrogens with one attached hydrogen (secondary N) is 1. The van der Waals surface area contributed by atoms with Crippen LogP contribution in [0.25, 0.3) is 0 Å². The van der Waals surface area contributed by atoms with Gasteiger partial charge in [0, 0.05) is 37.6 Å². The lowest BCUT2D eigenvalue weighted by Crippen LogP contribution is -2.33. The van der Waals surface area contributed by atoms with Gasteiger partial charge in [-0.2, -0.15) is 0 Å². The quantitative estimate of drug-likeness (QED) is 0.731. The van der Waals surface area contributed by atoms with E-state index in [9.17, 15) is 4.79 Å². The summed E-state index contributed by atoms with van der Waals surface area (Å²) < 4.78 is 0. The smallest absolute Gasteiger partial charge is 0.274 e. The molecular weight excluding hydrogens is 350 g/mol. The Balaban J connectivity index is 1.61. The van der Waals surface area contributed by atoms with Gasteiger partial charge in [0.1, 0.15) is 0 Å². The number of anilines is 3. The fourth-order valence-electron chi connectivity index (χ4n) is 3.59. The molecule has 0 unspecified atom stereocenters.